The molecule has 1 aromatic heterocycles. The molecule has 1 aromatic rings. The normalized spacial score (nSPS) is 23.6. The molecule has 0 radical (unpaired) electrons. The number of nitrogens with one attached hydrogen (secondary N) is 1. The Morgan fingerprint density at radius 3 is 2.83 bits per heavy atom. The molecule has 0 saturated heterocycles. The van der Waals surface area contributed by atoms with Gasteiger partial charge in [-0.25, -0.2) is 4.79 Å². The van der Waals surface area contributed by atoms with Gasteiger partial charge in [0.05, 0.1) is 6.10 Å². The van der Waals surface area contributed by atoms with Gasteiger partial charge in [-0.2, -0.15) is 5.26 Å². The molecule has 6 heteroatoms. The van der Waals surface area contributed by atoms with Crippen molar-refractivity contribution < 1.29 is 5.11 Å². The third-order valence-electron chi connectivity index (χ3n) is 3.43. The minimum Gasteiger partial charge on any atom is -0.393 e. The molecule has 2 rings (SSSR count). The minimum absolute atomic E-state index is 0.00824. The van der Waals surface area contributed by atoms with Gasteiger partial charge in [-0.1, -0.05) is 12.8 Å². The fourth-order valence-corrected chi connectivity index (χ4v) is 2.38. The van der Waals surface area contributed by atoms with Gasteiger partial charge in [0.25, 0.3) is 5.56 Å². The highest BCUT2D eigenvalue weighted by Crippen LogP contribution is 2.25. The van der Waals surface area contributed by atoms with E-state index in [0.29, 0.717) is 6.54 Å². The molecule has 96 valence electrons. The molecule has 2 N–H and O–H groups in total. The molecule has 0 aromatic carbocycles. The predicted octanol–water partition coefficient (Wildman–Crippen LogP) is -0.0406. The van der Waals surface area contributed by atoms with E-state index in [2.05, 4.69) is 4.98 Å². The van der Waals surface area contributed by atoms with Gasteiger partial charge in [-0.15, -0.1) is 0 Å². The maximum Gasteiger partial charge on any atom is 0.328 e. The molecule has 2 unspecified atom stereocenters. The van der Waals surface area contributed by atoms with Crippen LogP contribution in [0.15, 0.2) is 15.8 Å². The van der Waals surface area contributed by atoms with Crippen molar-refractivity contribution in [3.63, 3.8) is 0 Å². The van der Waals surface area contributed by atoms with Crippen LogP contribution < -0.4 is 11.2 Å². The summed E-state index contributed by atoms with van der Waals surface area (Å²) >= 11 is 0. The van der Waals surface area contributed by atoms with E-state index in [1.54, 1.807) is 6.07 Å². The first-order valence-electron chi connectivity index (χ1n) is 6.03. The second kappa shape index (κ2) is 5.19. The zero-order valence-electron chi connectivity index (χ0n) is 9.93. The Labute approximate surface area is 104 Å². The molecule has 6 nitrogen and oxygen atoms in total. The van der Waals surface area contributed by atoms with E-state index < -0.39 is 17.4 Å². The van der Waals surface area contributed by atoms with Crippen molar-refractivity contribution in [1.29, 1.82) is 5.26 Å². The first-order chi connectivity index (χ1) is 8.61. The Balaban J connectivity index is 2.26. The van der Waals surface area contributed by atoms with E-state index in [1.165, 1.54) is 10.8 Å². The maximum atomic E-state index is 11.6. The lowest BCUT2D eigenvalue weighted by molar-refractivity contribution is 0.0598. The lowest BCUT2D eigenvalue weighted by Gasteiger charge is -2.27. The van der Waals surface area contributed by atoms with Crippen LogP contribution in [0.2, 0.25) is 0 Å². The molecule has 1 saturated carbocycles. The van der Waals surface area contributed by atoms with Crippen LogP contribution in [-0.2, 0) is 6.54 Å². The number of aromatic nitrogens is 2. The summed E-state index contributed by atoms with van der Waals surface area (Å²) in [7, 11) is 0. The molecular weight excluding hydrogens is 234 g/mol. The average Bonchev–Trinajstić information content (AvgIpc) is 2.35. The molecular formula is C12H15N3O3. The molecule has 1 fully saturated rings. The van der Waals surface area contributed by atoms with Gasteiger partial charge in [0.1, 0.15) is 11.6 Å². The summed E-state index contributed by atoms with van der Waals surface area (Å²) in [5, 5.41) is 18.6. The SMILES string of the molecule is N#Cc1cn(CC2CCCCC2O)c(=O)[nH]c1=O. The van der Waals surface area contributed by atoms with E-state index in [9.17, 15) is 14.7 Å². The smallest absolute Gasteiger partial charge is 0.328 e. The highest BCUT2D eigenvalue weighted by molar-refractivity contribution is 5.21. The van der Waals surface area contributed by atoms with Crippen LogP contribution in [0.4, 0.5) is 0 Å². The summed E-state index contributed by atoms with van der Waals surface area (Å²) in [5.41, 5.74) is -1.28. The van der Waals surface area contributed by atoms with Gasteiger partial charge in [0, 0.05) is 18.7 Å². The van der Waals surface area contributed by atoms with E-state index in [0.717, 1.165) is 25.7 Å². The summed E-state index contributed by atoms with van der Waals surface area (Å²) in [4.78, 5) is 25.0. The molecule has 1 heterocycles. The third kappa shape index (κ3) is 2.51. The van der Waals surface area contributed by atoms with Gasteiger partial charge < -0.3 is 5.11 Å². The Hall–Kier alpha value is -1.87. The first-order valence-corrected chi connectivity index (χ1v) is 6.03. The molecule has 1 aliphatic carbocycles. The number of aliphatic hydroxyl groups is 1. The van der Waals surface area contributed by atoms with Crippen molar-refractivity contribution in [3.8, 4) is 6.07 Å². The van der Waals surface area contributed by atoms with Crippen LogP contribution in [0.5, 0.6) is 0 Å². The lowest BCUT2D eigenvalue weighted by Crippen LogP contribution is -2.36. The minimum atomic E-state index is -0.664. The van der Waals surface area contributed by atoms with Crippen LogP contribution in [0, 0.1) is 17.2 Å². The number of aliphatic hydroxyl groups excluding tert-OH is 1. The first kappa shape index (κ1) is 12.6. The van der Waals surface area contributed by atoms with E-state index in [4.69, 9.17) is 5.26 Å². The van der Waals surface area contributed by atoms with Crippen molar-refractivity contribution in [3.05, 3.63) is 32.6 Å². The van der Waals surface area contributed by atoms with Crippen molar-refractivity contribution in [2.24, 2.45) is 5.92 Å². The van der Waals surface area contributed by atoms with E-state index in [1.807, 2.05) is 0 Å². The molecule has 0 amide bonds. The van der Waals surface area contributed by atoms with E-state index in [-0.39, 0.29) is 11.5 Å². The summed E-state index contributed by atoms with van der Waals surface area (Å²) in [6.07, 6.45) is 4.49. The number of hydrogen-bond donors (Lipinski definition) is 2. The van der Waals surface area contributed by atoms with Gasteiger partial charge in [-0.3, -0.25) is 14.3 Å². The zero-order chi connectivity index (χ0) is 13.1. The number of nitriles is 1. The molecule has 0 spiro atoms. The fourth-order valence-electron chi connectivity index (χ4n) is 2.38. The van der Waals surface area contributed by atoms with Crippen molar-refractivity contribution in [2.75, 3.05) is 0 Å². The quantitative estimate of drug-likeness (QED) is 0.768. The Morgan fingerprint density at radius 2 is 2.17 bits per heavy atom. The van der Waals surface area contributed by atoms with Crippen molar-refractivity contribution >= 4 is 0 Å². The molecule has 0 bridgehead atoms. The third-order valence-corrected chi connectivity index (χ3v) is 3.43. The number of hydrogen-bond acceptors (Lipinski definition) is 4. The summed E-state index contributed by atoms with van der Waals surface area (Å²) in [6.45, 7) is 0.339. The fraction of sp³-hybridized carbons (Fsp3) is 0.583. The standard InChI is InChI=1S/C12H15N3O3/c13-5-9-7-15(12(18)14-11(9)17)6-8-3-1-2-4-10(8)16/h7-8,10,16H,1-4,6H2,(H,14,17,18). The monoisotopic (exact) mass is 249 g/mol. The second-order valence-electron chi connectivity index (χ2n) is 4.68. The van der Waals surface area contributed by atoms with Crippen LogP contribution in [0.1, 0.15) is 31.2 Å². The molecule has 1 aliphatic rings. The molecule has 2 atom stereocenters. The van der Waals surface area contributed by atoms with Crippen molar-refractivity contribution in [1.82, 2.24) is 9.55 Å². The number of H-pyrrole nitrogens is 1. The van der Waals surface area contributed by atoms with Gasteiger partial charge in [0.2, 0.25) is 0 Å². The number of rotatable bonds is 2. The predicted molar refractivity (Wildman–Crippen MR) is 64.0 cm³/mol. The van der Waals surface area contributed by atoms with Crippen LogP contribution in [-0.4, -0.2) is 20.8 Å². The summed E-state index contributed by atoms with van der Waals surface area (Å²) < 4.78 is 1.30. The molecule has 0 aliphatic heterocycles. The summed E-state index contributed by atoms with van der Waals surface area (Å²) in [6, 6.07) is 1.75. The highest BCUT2D eigenvalue weighted by atomic mass is 16.3. The van der Waals surface area contributed by atoms with Crippen LogP contribution >= 0.6 is 0 Å². The van der Waals surface area contributed by atoms with Gasteiger partial charge >= 0.3 is 5.69 Å². The summed E-state index contributed by atoms with van der Waals surface area (Å²) in [5.74, 6) is 0.00824. The largest absolute Gasteiger partial charge is 0.393 e. The highest BCUT2D eigenvalue weighted by Gasteiger charge is 2.23. The number of nitrogens with zero attached hydrogens (tertiary/aromatic N) is 2. The van der Waals surface area contributed by atoms with E-state index >= 15 is 0 Å². The van der Waals surface area contributed by atoms with Gasteiger partial charge in [-0.05, 0) is 12.8 Å². The molecule has 18 heavy (non-hydrogen) atoms. The second-order valence-corrected chi connectivity index (χ2v) is 4.68. The van der Waals surface area contributed by atoms with Crippen LogP contribution in [0.3, 0.4) is 0 Å². The Bertz CT molecular complexity index is 581. The number of aromatic amines is 1. The average molecular weight is 249 g/mol. The van der Waals surface area contributed by atoms with Crippen molar-refractivity contribution in [2.45, 2.75) is 38.3 Å². The maximum absolute atomic E-state index is 11.6. The topological polar surface area (TPSA) is 98.9 Å². The Kier molecular flexibility index (Phi) is 3.63. The Morgan fingerprint density at radius 1 is 1.44 bits per heavy atom. The lowest BCUT2D eigenvalue weighted by atomic mass is 9.86. The van der Waals surface area contributed by atoms with Crippen LogP contribution in [0.25, 0.3) is 0 Å². The zero-order valence-corrected chi connectivity index (χ0v) is 9.93. The van der Waals surface area contributed by atoms with Gasteiger partial charge in [0.15, 0.2) is 0 Å².